The summed E-state index contributed by atoms with van der Waals surface area (Å²) in [4.78, 5) is 24.3. The van der Waals surface area contributed by atoms with Crippen molar-refractivity contribution in [2.75, 3.05) is 18.5 Å². The summed E-state index contributed by atoms with van der Waals surface area (Å²) in [5.41, 5.74) is 0.801. The minimum absolute atomic E-state index is 0.242. The number of rotatable bonds is 7. The molecule has 5 nitrogen and oxygen atoms in total. The van der Waals surface area contributed by atoms with Crippen LogP contribution in [0.4, 0.5) is 10.1 Å². The molecule has 0 fully saturated rings. The number of ether oxygens (including phenoxy) is 1. The molecule has 2 aromatic rings. The molecule has 0 heterocycles. The molecule has 0 saturated heterocycles. The maximum Gasteiger partial charge on any atom is 0.262 e. The van der Waals surface area contributed by atoms with Crippen LogP contribution in [-0.2, 0) is 4.79 Å². The van der Waals surface area contributed by atoms with Crippen LogP contribution in [-0.4, -0.2) is 25.0 Å². The maximum absolute atomic E-state index is 12.8. The standard InChI is InChI=1S/C19H21FN2O3/c1-13(2)11-21-19(24)16-5-3-4-6-17(16)22-18(23)12-25-15-9-7-14(20)8-10-15/h3-10,13H,11-12H2,1-2H3,(H,21,24)(H,22,23). The van der Waals surface area contributed by atoms with Gasteiger partial charge in [-0.25, -0.2) is 4.39 Å². The van der Waals surface area contributed by atoms with E-state index in [2.05, 4.69) is 10.6 Å². The molecule has 6 heteroatoms. The number of hydrogen-bond acceptors (Lipinski definition) is 3. The molecule has 0 bridgehead atoms. The summed E-state index contributed by atoms with van der Waals surface area (Å²) < 4.78 is 18.1. The third-order valence-electron chi connectivity index (χ3n) is 3.30. The van der Waals surface area contributed by atoms with Gasteiger partial charge in [0.1, 0.15) is 11.6 Å². The first kappa shape index (κ1) is 18.4. The molecule has 2 rings (SSSR count). The van der Waals surface area contributed by atoms with Crippen LogP contribution in [0.2, 0.25) is 0 Å². The summed E-state index contributed by atoms with van der Waals surface area (Å²) in [5.74, 6) is -0.315. The summed E-state index contributed by atoms with van der Waals surface area (Å²) in [6, 6.07) is 12.1. The second kappa shape index (κ2) is 8.82. The van der Waals surface area contributed by atoms with Crippen LogP contribution in [0.5, 0.6) is 5.75 Å². The average Bonchev–Trinajstić information content (AvgIpc) is 2.59. The molecule has 0 atom stereocenters. The van der Waals surface area contributed by atoms with Gasteiger partial charge < -0.3 is 15.4 Å². The Morgan fingerprint density at radius 1 is 1.08 bits per heavy atom. The first-order valence-electron chi connectivity index (χ1n) is 8.01. The van der Waals surface area contributed by atoms with Gasteiger partial charge in [-0.1, -0.05) is 26.0 Å². The van der Waals surface area contributed by atoms with E-state index in [-0.39, 0.29) is 18.3 Å². The molecule has 2 aromatic carbocycles. The molecule has 0 unspecified atom stereocenters. The van der Waals surface area contributed by atoms with Crippen LogP contribution in [0.15, 0.2) is 48.5 Å². The van der Waals surface area contributed by atoms with Crippen LogP contribution in [0.25, 0.3) is 0 Å². The van der Waals surface area contributed by atoms with Crippen molar-refractivity contribution in [3.8, 4) is 5.75 Å². The van der Waals surface area contributed by atoms with Crippen molar-refractivity contribution in [3.63, 3.8) is 0 Å². The number of halogens is 1. The fourth-order valence-corrected chi connectivity index (χ4v) is 2.05. The quantitative estimate of drug-likeness (QED) is 0.810. The Kier molecular flexibility index (Phi) is 6.51. The van der Waals surface area contributed by atoms with E-state index in [9.17, 15) is 14.0 Å². The van der Waals surface area contributed by atoms with Crippen molar-refractivity contribution in [2.45, 2.75) is 13.8 Å². The van der Waals surface area contributed by atoms with Gasteiger partial charge in [0, 0.05) is 6.54 Å². The normalized spacial score (nSPS) is 10.4. The highest BCUT2D eigenvalue weighted by molar-refractivity contribution is 6.04. The number of nitrogens with one attached hydrogen (secondary N) is 2. The fourth-order valence-electron chi connectivity index (χ4n) is 2.05. The average molecular weight is 344 g/mol. The second-order valence-electron chi connectivity index (χ2n) is 5.94. The van der Waals surface area contributed by atoms with Gasteiger partial charge >= 0.3 is 0 Å². The van der Waals surface area contributed by atoms with Crippen molar-refractivity contribution in [2.24, 2.45) is 5.92 Å². The fraction of sp³-hybridized carbons (Fsp3) is 0.263. The lowest BCUT2D eigenvalue weighted by atomic mass is 10.1. The lowest BCUT2D eigenvalue weighted by molar-refractivity contribution is -0.118. The van der Waals surface area contributed by atoms with E-state index in [0.29, 0.717) is 29.5 Å². The molecular weight excluding hydrogens is 323 g/mol. The number of amides is 2. The molecule has 2 N–H and O–H groups in total. The lowest BCUT2D eigenvalue weighted by Gasteiger charge is -2.13. The molecule has 0 saturated carbocycles. The Morgan fingerprint density at radius 3 is 2.44 bits per heavy atom. The molecule has 0 aliphatic rings. The predicted molar refractivity (Wildman–Crippen MR) is 94.1 cm³/mol. The van der Waals surface area contributed by atoms with E-state index in [4.69, 9.17) is 4.74 Å². The molecule has 2 amide bonds. The molecule has 0 radical (unpaired) electrons. The smallest absolute Gasteiger partial charge is 0.262 e. The number of benzene rings is 2. The third-order valence-corrected chi connectivity index (χ3v) is 3.30. The first-order chi connectivity index (χ1) is 12.0. The van der Waals surface area contributed by atoms with Gasteiger partial charge in [0.05, 0.1) is 11.3 Å². The molecule has 0 aliphatic carbocycles. The van der Waals surface area contributed by atoms with Crippen LogP contribution in [0.3, 0.4) is 0 Å². The maximum atomic E-state index is 12.8. The number of para-hydroxylation sites is 1. The van der Waals surface area contributed by atoms with Crippen LogP contribution < -0.4 is 15.4 Å². The van der Waals surface area contributed by atoms with E-state index in [1.165, 1.54) is 24.3 Å². The number of anilines is 1. The van der Waals surface area contributed by atoms with E-state index < -0.39 is 5.91 Å². The summed E-state index contributed by atoms with van der Waals surface area (Å²) in [6.45, 7) is 4.31. The van der Waals surface area contributed by atoms with Crippen molar-refractivity contribution >= 4 is 17.5 Å². The van der Waals surface area contributed by atoms with Gasteiger partial charge in [0.15, 0.2) is 6.61 Å². The Hall–Kier alpha value is -2.89. The number of hydrogen-bond donors (Lipinski definition) is 2. The largest absolute Gasteiger partial charge is 0.484 e. The van der Waals surface area contributed by atoms with Crippen molar-refractivity contribution in [3.05, 3.63) is 59.9 Å². The van der Waals surface area contributed by atoms with Crippen molar-refractivity contribution < 1.29 is 18.7 Å². The molecule has 0 aromatic heterocycles. The topological polar surface area (TPSA) is 67.4 Å². The highest BCUT2D eigenvalue weighted by atomic mass is 19.1. The van der Waals surface area contributed by atoms with Crippen molar-refractivity contribution in [1.29, 1.82) is 0 Å². The van der Waals surface area contributed by atoms with Gasteiger partial charge in [0.2, 0.25) is 0 Å². The third kappa shape index (κ3) is 5.91. The van der Waals surface area contributed by atoms with Gasteiger partial charge in [0.25, 0.3) is 11.8 Å². The Morgan fingerprint density at radius 2 is 1.76 bits per heavy atom. The number of carbonyl (C=O) groups excluding carboxylic acids is 2. The van der Waals surface area contributed by atoms with Crippen LogP contribution in [0, 0.1) is 11.7 Å². The predicted octanol–water partition coefficient (Wildman–Crippen LogP) is 3.23. The minimum Gasteiger partial charge on any atom is -0.484 e. The molecule has 132 valence electrons. The van der Waals surface area contributed by atoms with Crippen molar-refractivity contribution in [1.82, 2.24) is 5.32 Å². The summed E-state index contributed by atoms with van der Waals surface area (Å²) in [7, 11) is 0. The first-order valence-corrected chi connectivity index (χ1v) is 8.01. The number of carbonyl (C=O) groups is 2. The van der Waals surface area contributed by atoms with E-state index in [1.807, 2.05) is 13.8 Å². The zero-order valence-electron chi connectivity index (χ0n) is 14.2. The summed E-state index contributed by atoms with van der Waals surface area (Å²) in [6.07, 6.45) is 0. The van der Waals surface area contributed by atoms with Crippen LogP contribution >= 0.6 is 0 Å². The Balaban J connectivity index is 1.96. The Labute approximate surface area is 146 Å². The van der Waals surface area contributed by atoms with E-state index in [1.54, 1.807) is 24.3 Å². The van der Waals surface area contributed by atoms with Gasteiger partial charge in [-0.2, -0.15) is 0 Å². The zero-order chi connectivity index (χ0) is 18.2. The molecule has 0 aliphatic heterocycles. The zero-order valence-corrected chi connectivity index (χ0v) is 14.2. The monoisotopic (exact) mass is 344 g/mol. The van der Waals surface area contributed by atoms with E-state index in [0.717, 1.165) is 0 Å². The highest BCUT2D eigenvalue weighted by Crippen LogP contribution is 2.16. The Bertz CT molecular complexity index is 730. The minimum atomic E-state index is -0.409. The summed E-state index contributed by atoms with van der Waals surface area (Å²) in [5, 5.41) is 5.48. The highest BCUT2D eigenvalue weighted by Gasteiger charge is 2.13. The van der Waals surface area contributed by atoms with Gasteiger partial charge in [-0.15, -0.1) is 0 Å². The summed E-state index contributed by atoms with van der Waals surface area (Å²) >= 11 is 0. The molecule has 0 spiro atoms. The van der Waals surface area contributed by atoms with E-state index >= 15 is 0 Å². The van der Waals surface area contributed by atoms with Gasteiger partial charge in [-0.3, -0.25) is 9.59 Å². The lowest BCUT2D eigenvalue weighted by Crippen LogP contribution is -2.29. The molecule has 25 heavy (non-hydrogen) atoms. The SMILES string of the molecule is CC(C)CNC(=O)c1ccccc1NC(=O)COc1ccc(F)cc1. The van der Waals surface area contributed by atoms with Crippen LogP contribution in [0.1, 0.15) is 24.2 Å². The molecular formula is C19H21FN2O3. The van der Waals surface area contributed by atoms with Gasteiger partial charge in [-0.05, 0) is 42.3 Å². The second-order valence-corrected chi connectivity index (χ2v) is 5.94.